The smallest absolute Gasteiger partial charge is 0.333 e. The van der Waals surface area contributed by atoms with Crippen molar-refractivity contribution in [2.45, 2.75) is 155 Å². The van der Waals surface area contributed by atoms with E-state index in [1.807, 2.05) is 0 Å². The standard InChI is InChI=1S/C35H50O12/c1-12-18(3)28(38)44-25-21(6)41-30(27(26(25)43-23(8)37)45-29(39)19(4)13-2)46-32(9,10)34(40)17-16-33(11)15-14-24(42-22(7)36)20(5)35(33)31(34)47-35/h12-13,21,24-27,30-31,40H,5,14-17H2,1-4,6-11H3/b18-12-,19-13-/t21-,24-,25+,26+,27-,30?,31-,33-,34-,35-/m1/s1. The molecule has 12 nitrogen and oxygen atoms in total. The molecule has 0 aromatic heterocycles. The Bertz CT molecular complexity index is 1360. The fraction of sp³-hybridized carbons (Fsp3) is 0.714. The number of esters is 4. The third-order valence-electron chi connectivity index (χ3n) is 10.6. The van der Waals surface area contributed by atoms with Gasteiger partial charge in [-0.15, -0.1) is 0 Å². The van der Waals surface area contributed by atoms with E-state index in [0.717, 1.165) is 0 Å². The molecule has 4 aliphatic rings. The minimum absolute atomic E-state index is 0.276. The van der Waals surface area contributed by atoms with Gasteiger partial charge in [0.05, 0.1) is 11.7 Å². The van der Waals surface area contributed by atoms with Gasteiger partial charge < -0.3 is 38.3 Å². The number of epoxide rings is 1. The molecule has 2 heterocycles. The van der Waals surface area contributed by atoms with Crippen LogP contribution in [0.25, 0.3) is 0 Å². The highest BCUT2D eigenvalue weighted by molar-refractivity contribution is 5.88. The molecule has 47 heavy (non-hydrogen) atoms. The zero-order valence-corrected chi connectivity index (χ0v) is 29.2. The molecule has 1 N–H and O–H groups in total. The highest BCUT2D eigenvalue weighted by Crippen LogP contribution is 2.70. The summed E-state index contributed by atoms with van der Waals surface area (Å²) < 4.78 is 42.1. The minimum atomic E-state index is -1.60. The van der Waals surface area contributed by atoms with Crippen LogP contribution >= 0.6 is 0 Å². The molecule has 4 fully saturated rings. The van der Waals surface area contributed by atoms with Gasteiger partial charge in [-0.3, -0.25) is 9.59 Å². The van der Waals surface area contributed by atoms with Crippen molar-refractivity contribution in [2.24, 2.45) is 5.41 Å². The second kappa shape index (κ2) is 13.1. The second-order valence-corrected chi connectivity index (χ2v) is 14.0. The number of carbonyl (C=O) groups is 4. The van der Waals surface area contributed by atoms with E-state index in [4.69, 9.17) is 33.2 Å². The first-order chi connectivity index (χ1) is 21.8. The fourth-order valence-electron chi connectivity index (χ4n) is 7.32. The predicted octanol–water partition coefficient (Wildman–Crippen LogP) is 4.16. The van der Waals surface area contributed by atoms with E-state index in [9.17, 15) is 24.3 Å². The summed E-state index contributed by atoms with van der Waals surface area (Å²) in [6, 6.07) is 0. The summed E-state index contributed by atoms with van der Waals surface area (Å²) in [7, 11) is 0. The molecule has 2 saturated carbocycles. The van der Waals surface area contributed by atoms with Gasteiger partial charge in [-0.25, -0.2) is 9.59 Å². The van der Waals surface area contributed by atoms with E-state index in [1.165, 1.54) is 13.8 Å². The molecule has 4 rings (SSSR count). The Morgan fingerprint density at radius 1 is 0.872 bits per heavy atom. The molecule has 0 bridgehead atoms. The second-order valence-electron chi connectivity index (χ2n) is 14.0. The van der Waals surface area contributed by atoms with Gasteiger partial charge in [0.1, 0.15) is 23.4 Å². The van der Waals surface area contributed by atoms with E-state index in [0.29, 0.717) is 36.8 Å². The lowest BCUT2D eigenvalue weighted by Gasteiger charge is -2.54. The minimum Gasteiger partial charge on any atom is -0.458 e. The maximum absolute atomic E-state index is 13.1. The van der Waals surface area contributed by atoms with Gasteiger partial charge in [-0.2, -0.15) is 0 Å². The van der Waals surface area contributed by atoms with Gasteiger partial charge in [0.25, 0.3) is 0 Å². The Morgan fingerprint density at radius 2 is 1.43 bits per heavy atom. The highest BCUT2D eigenvalue weighted by atomic mass is 16.7. The lowest BCUT2D eigenvalue weighted by molar-refractivity contribution is -0.341. The van der Waals surface area contributed by atoms with Crippen molar-refractivity contribution in [3.63, 3.8) is 0 Å². The maximum Gasteiger partial charge on any atom is 0.333 e. The average Bonchev–Trinajstić information content (AvgIpc) is 3.77. The lowest BCUT2D eigenvalue weighted by atomic mass is 9.53. The summed E-state index contributed by atoms with van der Waals surface area (Å²) in [4.78, 5) is 50.2. The highest BCUT2D eigenvalue weighted by Gasteiger charge is 2.81. The van der Waals surface area contributed by atoms with Crippen LogP contribution in [-0.2, 0) is 52.3 Å². The van der Waals surface area contributed by atoms with Gasteiger partial charge in [0, 0.05) is 30.4 Å². The summed E-state index contributed by atoms with van der Waals surface area (Å²) in [5, 5.41) is 12.5. The Hall–Kier alpha value is -3.06. The van der Waals surface area contributed by atoms with Gasteiger partial charge >= 0.3 is 23.9 Å². The summed E-state index contributed by atoms with van der Waals surface area (Å²) in [6.07, 6.45) is -2.10. The zero-order chi connectivity index (χ0) is 35.3. The number of hydrogen-bond acceptors (Lipinski definition) is 12. The number of allylic oxidation sites excluding steroid dienone is 2. The number of hydrogen-bond donors (Lipinski definition) is 1. The van der Waals surface area contributed by atoms with Crippen LogP contribution < -0.4 is 0 Å². The molecule has 0 amide bonds. The van der Waals surface area contributed by atoms with Crippen molar-refractivity contribution >= 4 is 23.9 Å². The molecule has 0 radical (unpaired) electrons. The first kappa shape index (κ1) is 36.8. The fourth-order valence-corrected chi connectivity index (χ4v) is 7.32. The van der Waals surface area contributed by atoms with Crippen LogP contribution in [0.4, 0.5) is 0 Å². The molecule has 0 aromatic rings. The Balaban J connectivity index is 1.69. The van der Waals surface area contributed by atoms with E-state index in [-0.39, 0.29) is 11.0 Å². The van der Waals surface area contributed by atoms with Crippen molar-refractivity contribution in [2.75, 3.05) is 0 Å². The number of aliphatic hydroxyl groups is 1. The summed E-state index contributed by atoms with van der Waals surface area (Å²) >= 11 is 0. The monoisotopic (exact) mass is 662 g/mol. The Labute approximate surface area is 276 Å². The van der Waals surface area contributed by atoms with E-state index in [2.05, 4.69) is 13.5 Å². The molecule has 2 aliphatic carbocycles. The quantitative estimate of drug-likeness (QED) is 0.124. The molecule has 0 aromatic carbocycles. The van der Waals surface area contributed by atoms with Crippen molar-refractivity contribution in [1.82, 2.24) is 0 Å². The molecular formula is C35H50O12. The Morgan fingerprint density at radius 3 is 1.96 bits per heavy atom. The van der Waals surface area contributed by atoms with Crippen molar-refractivity contribution in [3.8, 4) is 0 Å². The third kappa shape index (κ3) is 6.41. The van der Waals surface area contributed by atoms with Crippen LogP contribution in [0.1, 0.15) is 94.9 Å². The third-order valence-corrected chi connectivity index (χ3v) is 10.6. The number of rotatable bonds is 9. The normalized spacial score (nSPS) is 38.8. The molecule has 10 atom stereocenters. The molecule has 12 heteroatoms. The SMILES string of the molecule is C=C1[C@H](OC(C)=O)CC[C@]2(C)CC[C@](O)(C(C)(C)OC3O[C@H](C)[C@H](OC(=O)/C(C)=C\C)[C@H](OC(C)=O)[C@H]3OC(=O)/C(C)=C\C)[C@H]3O[C@]132. The predicted molar refractivity (Wildman–Crippen MR) is 167 cm³/mol. The van der Waals surface area contributed by atoms with Gasteiger partial charge in [-0.05, 0) is 79.7 Å². The summed E-state index contributed by atoms with van der Waals surface area (Å²) in [5.41, 5.74) is -3.11. The average molecular weight is 663 g/mol. The molecular weight excluding hydrogens is 612 g/mol. The van der Waals surface area contributed by atoms with E-state index in [1.54, 1.807) is 60.6 Å². The Kier molecular flexibility index (Phi) is 10.2. The molecule has 1 spiro atoms. The lowest BCUT2D eigenvalue weighted by Crippen LogP contribution is -2.67. The molecule has 1 unspecified atom stereocenters. The molecule has 2 saturated heterocycles. The summed E-state index contributed by atoms with van der Waals surface area (Å²) in [6.45, 7) is 20.4. The van der Waals surface area contributed by atoms with E-state index >= 15 is 0 Å². The molecule has 262 valence electrons. The van der Waals surface area contributed by atoms with Gasteiger partial charge in [-0.1, -0.05) is 25.7 Å². The van der Waals surface area contributed by atoms with Crippen molar-refractivity contribution < 1.29 is 57.4 Å². The number of ether oxygens (including phenoxy) is 7. The first-order valence-electron chi connectivity index (χ1n) is 16.2. The molecule has 2 aliphatic heterocycles. The largest absolute Gasteiger partial charge is 0.458 e. The maximum atomic E-state index is 13.1. The van der Waals surface area contributed by atoms with E-state index < -0.39 is 83.6 Å². The van der Waals surface area contributed by atoms with Crippen LogP contribution in [0, 0.1) is 5.41 Å². The van der Waals surface area contributed by atoms with Crippen LogP contribution in [0.5, 0.6) is 0 Å². The number of carbonyl (C=O) groups excluding carboxylic acids is 4. The zero-order valence-electron chi connectivity index (χ0n) is 29.2. The van der Waals surface area contributed by atoms with Crippen LogP contribution in [-0.4, -0.2) is 88.7 Å². The van der Waals surface area contributed by atoms with Crippen LogP contribution in [0.2, 0.25) is 0 Å². The van der Waals surface area contributed by atoms with Crippen molar-refractivity contribution in [1.29, 1.82) is 0 Å². The van der Waals surface area contributed by atoms with Crippen LogP contribution in [0.3, 0.4) is 0 Å². The van der Waals surface area contributed by atoms with Gasteiger partial charge in [0.15, 0.2) is 24.6 Å². The first-order valence-corrected chi connectivity index (χ1v) is 16.2. The van der Waals surface area contributed by atoms with Gasteiger partial charge in [0.2, 0.25) is 0 Å². The van der Waals surface area contributed by atoms with Crippen molar-refractivity contribution in [3.05, 3.63) is 35.5 Å². The summed E-state index contributed by atoms with van der Waals surface area (Å²) in [5.74, 6) is -2.51. The topological polar surface area (TPSA) is 156 Å². The van der Waals surface area contributed by atoms with Crippen LogP contribution in [0.15, 0.2) is 35.5 Å².